The van der Waals surface area contributed by atoms with Gasteiger partial charge in [0.2, 0.25) is 0 Å². The van der Waals surface area contributed by atoms with Crippen LogP contribution in [0.3, 0.4) is 0 Å². The summed E-state index contributed by atoms with van der Waals surface area (Å²) in [6.45, 7) is 10.1. The van der Waals surface area contributed by atoms with Gasteiger partial charge in [0.15, 0.2) is 0 Å². The van der Waals surface area contributed by atoms with E-state index in [4.69, 9.17) is 9.47 Å². The van der Waals surface area contributed by atoms with Crippen LogP contribution >= 0.6 is 0 Å². The predicted octanol–water partition coefficient (Wildman–Crippen LogP) is 5.11. The van der Waals surface area contributed by atoms with Crippen LogP contribution in [0.15, 0.2) is 24.3 Å². The molecule has 0 amide bonds. The minimum Gasteiger partial charge on any atom is -0.487 e. The SMILES string of the molecule is CC[C@]1(C)Oc2ccccc2[C@H]2O[C@](C)(C#CC[N+]3(C)CCCCC3)CC[C@H]21. The third kappa shape index (κ3) is 3.70. The normalized spacial score (nSPS) is 36.3. The van der Waals surface area contributed by atoms with E-state index in [0.29, 0.717) is 5.92 Å². The van der Waals surface area contributed by atoms with Gasteiger partial charge in [0.1, 0.15) is 23.5 Å². The van der Waals surface area contributed by atoms with Gasteiger partial charge in [-0.15, -0.1) is 0 Å². The Morgan fingerprint density at radius 1 is 1.14 bits per heavy atom. The Balaban J connectivity index is 1.55. The van der Waals surface area contributed by atoms with Crippen molar-refractivity contribution in [1.29, 1.82) is 0 Å². The molecule has 4 atom stereocenters. The van der Waals surface area contributed by atoms with Crippen LogP contribution in [0.5, 0.6) is 5.75 Å². The third-order valence-electron chi connectivity index (χ3n) is 7.45. The number of piperidine rings is 1. The van der Waals surface area contributed by atoms with Crippen molar-refractivity contribution >= 4 is 0 Å². The first-order valence-corrected chi connectivity index (χ1v) is 11.2. The predicted molar refractivity (Wildman–Crippen MR) is 113 cm³/mol. The van der Waals surface area contributed by atoms with E-state index in [1.807, 2.05) is 0 Å². The first kappa shape index (κ1) is 19.8. The zero-order chi connectivity index (χ0) is 19.8. The van der Waals surface area contributed by atoms with E-state index in [1.165, 1.54) is 37.9 Å². The second-order valence-electron chi connectivity index (χ2n) is 9.81. The van der Waals surface area contributed by atoms with Gasteiger partial charge >= 0.3 is 0 Å². The van der Waals surface area contributed by atoms with Crippen LogP contribution in [0.4, 0.5) is 0 Å². The highest BCUT2D eigenvalue weighted by molar-refractivity contribution is 5.39. The van der Waals surface area contributed by atoms with Gasteiger partial charge in [-0.1, -0.05) is 31.0 Å². The van der Waals surface area contributed by atoms with Gasteiger partial charge in [-0.3, -0.25) is 0 Å². The largest absolute Gasteiger partial charge is 0.487 e. The van der Waals surface area contributed by atoms with Crippen LogP contribution in [0.25, 0.3) is 0 Å². The first-order chi connectivity index (χ1) is 13.4. The van der Waals surface area contributed by atoms with Gasteiger partial charge in [0.25, 0.3) is 0 Å². The Hall–Kier alpha value is -1.50. The van der Waals surface area contributed by atoms with Crippen LogP contribution in [0.2, 0.25) is 0 Å². The number of quaternary nitrogens is 1. The number of rotatable bonds is 2. The molecule has 1 aromatic rings. The zero-order valence-corrected chi connectivity index (χ0v) is 18.1. The lowest BCUT2D eigenvalue weighted by atomic mass is 9.71. The first-order valence-electron chi connectivity index (χ1n) is 11.2. The molecule has 2 saturated heterocycles. The van der Waals surface area contributed by atoms with E-state index in [2.05, 4.69) is 63.9 Å². The number of fused-ring (bicyclic) bond motifs is 3. The second-order valence-corrected chi connectivity index (χ2v) is 9.81. The molecule has 3 aliphatic heterocycles. The standard InChI is InChI=1S/C25H36NO2/c1-5-25(3)21-14-16-24(2,15-11-19-26(4)17-9-6-10-18-26)28-23(21)20-12-7-8-13-22(20)27-25/h7-8,12-13,21,23H,5-6,9-10,14,16-19H2,1-4H3/q+1/t21-,23-,24-,25+/m1/s1. The summed E-state index contributed by atoms with van der Waals surface area (Å²) in [5, 5.41) is 0. The minimum absolute atomic E-state index is 0.0720. The zero-order valence-electron chi connectivity index (χ0n) is 18.1. The van der Waals surface area contributed by atoms with E-state index < -0.39 is 0 Å². The highest BCUT2D eigenvalue weighted by atomic mass is 16.5. The molecule has 3 heteroatoms. The Morgan fingerprint density at radius 3 is 2.64 bits per heavy atom. The van der Waals surface area contributed by atoms with Crippen LogP contribution in [-0.4, -0.2) is 42.4 Å². The van der Waals surface area contributed by atoms with Gasteiger partial charge in [0.05, 0.1) is 26.2 Å². The lowest BCUT2D eigenvalue weighted by Gasteiger charge is -2.51. The Morgan fingerprint density at radius 2 is 1.89 bits per heavy atom. The molecule has 0 aliphatic carbocycles. The molecular weight excluding hydrogens is 346 g/mol. The molecule has 28 heavy (non-hydrogen) atoms. The molecule has 0 radical (unpaired) electrons. The molecule has 0 N–H and O–H groups in total. The highest BCUT2D eigenvalue weighted by Gasteiger charge is 2.51. The number of benzene rings is 1. The average molecular weight is 383 g/mol. The fourth-order valence-electron chi connectivity index (χ4n) is 5.32. The van der Waals surface area contributed by atoms with Gasteiger partial charge in [-0.05, 0) is 64.4 Å². The summed E-state index contributed by atoms with van der Waals surface area (Å²) in [6, 6.07) is 8.40. The van der Waals surface area contributed by atoms with Gasteiger partial charge < -0.3 is 14.0 Å². The summed E-state index contributed by atoms with van der Waals surface area (Å²) >= 11 is 0. The number of hydrogen-bond acceptors (Lipinski definition) is 2. The Labute approximate surface area is 171 Å². The number of para-hydroxylation sites is 1. The summed E-state index contributed by atoms with van der Waals surface area (Å²) in [6.07, 6.45) is 7.19. The summed E-state index contributed by atoms with van der Waals surface area (Å²) in [5.74, 6) is 8.44. The molecule has 152 valence electrons. The summed E-state index contributed by atoms with van der Waals surface area (Å²) in [7, 11) is 2.36. The van der Waals surface area contributed by atoms with E-state index in [0.717, 1.165) is 36.0 Å². The molecule has 0 saturated carbocycles. The van der Waals surface area contributed by atoms with Crippen LogP contribution in [0, 0.1) is 17.8 Å². The van der Waals surface area contributed by atoms with Crippen LogP contribution in [0.1, 0.15) is 71.0 Å². The monoisotopic (exact) mass is 382 g/mol. The number of likely N-dealkylation sites (tertiary alicyclic amines) is 1. The molecule has 4 rings (SSSR count). The van der Waals surface area contributed by atoms with Gasteiger partial charge in [-0.25, -0.2) is 0 Å². The molecule has 3 heterocycles. The minimum atomic E-state index is -0.366. The van der Waals surface area contributed by atoms with Crippen molar-refractivity contribution < 1.29 is 14.0 Å². The molecule has 0 bridgehead atoms. The van der Waals surface area contributed by atoms with Gasteiger partial charge in [-0.2, -0.15) is 0 Å². The molecule has 0 aromatic heterocycles. The summed E-state index contributed by atoms with van der Waals surface area (Å²) in [4.78, 5) is 0. The molecule has 1 aromatic carbocycles. The van der Waals surface area contributed by atoms with Crippen LogP contribution < -0.4 is 4.74 Å². The van der Waals surface area contributed by atoms with Crippen LogP contribution in [-0.2, 0) is 4.74 Å². The molecule has 0 unspecified atom stereocenters. The van der Waals surface area contributed by atoms with E-state index >= 15 is 0 Å². The number of hydrogen-bond donors (Lipinski definition) is 0. The molecule has 0 spiro atoms. The molecule has 3 aliphatic rings. The van der Waals surface area contributed by atoms with Crippen molar-refractivity contribution in [3.63, 3.8) is 0 Å². The van der Waals surface area contributed by atoms with Crippen molar-refractivity contribution in [2.75, 3.05) is 26.7 Å². The Kier molecular flexibility index (Phi) is 5.23. The summed E-state index contributed by atoms with van der Waals surface area (Å²) < 4.78 is 14.3. The second kappa shape index (κ2) is 7.39. The fourth-order valence-corrected chi connectivity index (χ4v) is 5.32. The molecule has 2 fully saturated rings. The van der Waals surface area contributed by atoms with E-state index in [9.17, 15) is 0 Å². The van der Waals surface area contributed by atoms with Crippen molar-refractivity contribution in [1.82, 2.24) is 0 Å². The van der Waals surface area contributed by atoms with Crippen molar-refractivity contribution in [3.8, 4) is 17.6 Å². The van der Waals surface area contributed by atoms with E-state index in [-0.39, 0.29) is 17.3 Å². The maximum atomic E-state index is 6.76. The number of ether oxygens (including phenoxy) is 2. The molecule has 3 nitrogen and oxygen atoms in total. The Bertz CT molecular complexity index is 772. The topological polar surface area (TPSA) is 18.5 Å². The van der Waals surface area contributed by atoms with E-state index in [1.54, 1.807) is 0 Å². The van der Waals surface area contributed by atoms with Crippen molar-refractivity contribution in [2.45, 2.75) is 76.6 Å². The lowest BCUT2D eigenvalue weighted by Crippen LogP contribution is -2.52. The summed E-state index contributed by atoms with van der Waals surface area (Å²) in [5.41, 5.74) is 0.663. The smallest absolute Gasteiger partial charge is 0.140 e. The number of nitrogens with zero attached hydrogens (tertiary/aromatic N) is 1. The highest BCUT2D eigenvalue weighted by Crippen LogP contribution is 2.53. The lowest BCUT2D eigenvalue weighted by molar-refractivity contribution is -0.907. The quantitative estimate of drug-likeness (QED) is 0.523. The van der Waals surface area contributed by atoms with Crippen molar-refractivity contribution in [3.05, 3.63) is 29.8 Å². The fraction of sp³-hybridized carbons (Fsp3) is 0.680. The molecular formula is C25H36NO2+. The third-order valence-corrected chi connectivity index (χ3v) is 7.45. The van der Waals surface area contributed by atoms with Crippen molar-refractivity contribution in [2.24, 2.45) is 5.92 Å². The average Bonchev–Trinajstić information content (AvgIpc) is 2.68. The maximum Gasteiger partial charge on any atom is 0.140 e. The van der Waals surface area contributed by atoms with Gasteiger partial charge in [0, 0.05) is 11.5 Å². The maximum absolute atomic E-state index is 6.76.